The summed E-state index contributed by atoms with van der Waals surface area (Å²) < 4.78 is 77.7. The average Bonchev–Trinajstić information content (AvgIpc) is 3.20. The van der Waals surface area contributed by atoms with Crippen LogP contribution in [0.25, 0.3) is 0 Å². The monoisotopic (exact) mass is 706 g/mol. The predicted octanol–water partition coefficient (Wildman–Crippen LogP) is 3.00. The first kappa shape index (κ1) is 38.3. The topological polar surface area (TPSA) is 203 Å². The van der Waals surface area contributed by atoms with Gasteiger partial charge in [0.05, 0.1) is 18.8 Å². The van der Waals surface area contributed by atoms with Gasteiger partial charge >= 0.3 is 25.4 Å². The van der Waals surface area contributed by atoms with Crippen molar-refractivity contribution >= 4 is 27.9 Å². The van der Waals surface area contributed by atoms with Crippen LogP contribution in [0.2, 0.25) is 0 Å². The quantitative estimate of drug-likeness (QED) is 0.170. The molecule has 0 spiro atoms. The molecule has 1 aliphatic heterocycles. The largest absolute Gasteiger partial charge is 0.462 e. The maximum Gasteiger partial charge on any atom is 0.459 e. The van der Waals surface area contributed by atoms with E-state index in [-0.39, 0.29) is 5.75 Å². The number of hydrogen-bond donors (Lipinski definition) is 3. The van der Waals surface area contributed by atoms with Crippen LogP contribution in [-0.4, -0.2) is 70.3 Å². The Bertz CT molecular complexity index is 1570. The first-order chi connectivity index (χ1) is 21.9. The number of nitrogens with zero attached hydrogens (tertiary/aromatic N) is 1. The number of halogens is 1. The standard InChI is InChI=1S/C28H41FN4O12P2/c1-16(2)41-24(35)18(5)31-46(38)40-15-21-23(28(7,29)26(43-21)33-14-13-22(34)30-27(33)37)45-47(39,44-20-11-9-8-10-12-20)32-19(6)25(36)42-17(3)4/h8-14,16-19,21,23,26,46H,15H2,1-7H3,(H,31,38)(H,32,39)(H,30,34,37)/t18-,19-,21+,23+,26+,28+,47?/m0/s1. The molecule has 0 aliphatic carbocycles. The minimum absolute atomic E-state index is 0.0324. The van der Waals surface area contributed by atoms with Crippen molar-refractivity contribution in [2.45, 2.75) is 96.9 Å². The van der Waals surface area contributed by atoms with Crippen LogP contribution in [-0.2, 0) is 42.0 Å². The fourth-order valence-electron chi connectivity index (χ4n) is 4.36. The molecule has 2 heterocycles. The third-order valence-corrected chi connectivity index (χ3v) is 9.24. The fourth-order valence-corrected chi connectivity index (χ4v) is 7.01. The molecule has 3 N–H and O–H groups in total. The zero-order chi connectivity index (χ0) is 35.1. The highest BCUT2D eigenvalue weighted by Crippen LogP contribution is 2.53. The van der Waals surface area contributed by atoms with Crippen molar-refractivity contribution in [2.24, 2.45) is 0 Å². The van der Waals surface area contributed by atoms with Crippen molar-refractivity contribution in [3.8, 4) is 5.75 Å². The number of nitrogens with one attached hydrogen (secondary N) is 3. The molecule has 1 aromatic carbocycles. The van der Waals surface area contributed by atoms with E-state index in [0.29, 0.717) is 0 Å². The van der Waals surface area contributed by atoms with E-state index in [1.54, 1.807) is 45.9 Å². The predicted molar refractivity (Wildman–Crippen MR) is 167 cm³/mol. The molecule has 262 valence electrons. The molecule has 0 bridgehead atoms. The van der Waals surface area contributed by atoms with Gasteiger partial charge in [-0.2, -0.15) is 5.09 Å². The molecule has 16 nitrogen and oxygen atoms in total. The molecule has 2 unspecified atom stereocenters. The fraction of sp³-hybridized carbons (Fsp3) is 0.571. The number of carbonyl (C=O) groups excluding carboxylic acids is 2. The van der Waals surface area contributed by atoms with Crippen molar-refractivity contribution in [1.82, 2.24) is 19.7 Å². The third-order valence-electron chi connectivity index (χ3n) is 6.48. The van der Waals surface area contributed by atoms with Gasteiger partial charge in [-0.15, -0.1) is 0 Å². The average molecular weight is 707 g/mol. The minimum atomic E-state index is -4.71. The number of ether oxygens (including phenoxy) is 3. The molecule has 0 amide bonds. The van der Waals surface area contributed by atoms with Crippen LogP contribution in [0, 0.1) is 0 Å². The van der Waals surface area contributed by atoms with Crippen LogP contribution in [0.15, 0.2) is 52.2 Å². The van der Waals surface area contributed by atoms with Gasteiger partial charge < -0.3 is 23.3 Å². The number of H-pyrrole nitrogens is 1. The summed E-state index contributed by atoms with van der Waals surface area (Å²) in [6.45, 7) is 9.58. The molecule has 2 aromatic rings. The summed E-state index contributed by atoms with van der Waals surface area (Å²) >= 11 is 0. The Kier molecular flexibility index (Phi) is 13.3. The smallest absolute Gasteiger partial charge is 0.459 e. The van der Waals surface area contributed by atoms with E-state index in [2.05, 4.69) is 10.2 Å². The van der Waals surface area contributed by atoms with Gasteiger partial charge in [-0.25, -0.2) is 18.8 Å². The Balaban J connectivity index is 1.96. The lowest BCUT2D eigenvalue weighted by atomic mass is 9.98. The molecule has 1 fully saturated rings. The van der Waals surface area contributed by atoms with E-state index >= 15 is 4.39 Å². The molecular formula is C28H41FN4O12P2. The summed E-state index contributed by atoms with van der Waals surface area (Å²) in [4.78, 5) is 51.1. The summed E-state index contributed by atoms with van der Waals surface area (Å²) in [6, 6.07) is 6.36. The van der Waals surface area contributed by atoms with Crippen molar-refractivity contribution in [1.29, 1.82) is 0 Å². The molecule has 3 rings (SSSR count). The number of carbonyl (C=O) groups is 2. The Hall–Kier alpha value is -3.17. The highest BCUT2D eigenvalue weighted by atomic mass is 31.2. The van der Waals surface area contributed by atoms with E-state index in [1.165, 1.54) is 26.0 Å². The zero-order valence-electron chi connectivity index (χ0n) is 27.0. The lowest BCUT2D eigenvalue weighted by Crippen LogP contribution is -2.46. The van der Waals surface area contributed by atoms with Crippen LogP contribution in [0.3, 0.4) is 0 Å². The normalized spacial score (nSPS) is 24.3. The Morgan fingerprint density at radius 2 is 1.64 bits per heavy atom. The van der Waals surface area contributed by atoms with Crippen LogP contribution in [0.1, 0.15) is 54.7 Å². The van der Waals surface area contributed by atoms with Gasteiger partial charge in [0.15, 0.2) is 11.9 Å². The number of aromatic amines is 1. The third kappa shape index (κ3) is 10.7. The van der Waals surface area contributed by atoms with E-state index in [9.17, 15) is 28.3 Å². The van der Waals surface area contributed by atoms with Crippen LogP contribution in [0.4, 0.5) is 4.39 Å². The molecule has 0 saturated carbocycles. The summed E-state index contributed by atoms with van der Waals surface area (Å²) in [6.07, 6.45) is -5.11. The second-order valence-electron chi connectivity index (χ2n) is 11.4. The molecule has 1 aromatic heterocycles. The second-order valence-corrected chi connectivity index (χ2v) is 14.2. The number of alkyl halides is 1. The van der Waals surface area contributed by atoms with Gasteiger partial charge in [0.25, 0.3) is 13.7 Å². The van der Waals surface area contributed by atoms with Gasteiger partial charge in [-0.05, 0) is 60.6 Å². The molecule has 1 saturated heterocycles. The maximum absolute atomic E-state index is 16.9. The van der Waals surface area contributed by atoms with Crippen LogP contribution < -0.4 is 25.9 Å². The van der Waals surface area contributed by atoms with Gasteiger partial charge in [0.2, 0.25) is 0 Å². The number of esters is 2. The van der Waals surface area contributed by atoms with E-state index in [0.717, 1.165) is 23.8 Å². The number of benzene rings is 1. The lowest BCUT2D eigenvalue weighted by molar-refractivity contribution is -0.149. The number of rotatable bonds is 16. The lowest BCUT2D eigenvalue weighted by Gasteiger charge is -2.31. The van der Waals surface area contributed by atoms with Crippen molar-refractivity contribution in [2.75, 3.05) is 6.61 Å². The number of aromatic nitrogens is 2. The Labute approximate surface area is 271 Å². The van der Waals surface area contributed by atoms with Crippen molar-refractivity contribution < 1.29 is 50.9 Å². The Morgan fingerprint density at radius 3 is 2.21 bits per heavy atom. The van der Waals surface area contributed by atoms with Crippen molar-refractivity contribution in [3.63, 3.8) is 0 Å². The summed E-state index contributed by atoms with van der Waals surface area (Å²) in [5.41, 5.74) is -4.47. The van der Waals surface area contributed by atoms with Crippen molar-refractivity contribution in [3.05, 3.63) is 63.4 Å². The molecule has 8 atom stereocenters. The number of para-hydroxylation sites is 1. The SMILES string of the molecule is CC(C)OC(=O)[C@H](C)N[PH](=O)OC[C@H]1O[C@@H](n2ccc(=O)[nH]c2=O)[C@](C)(F)[C@@H]1OP(=O)(N[C@@H](C)C(=O)OC(C)C)Oc1ccccc1. The first-order valence-electron chi connectivity index (χ1n) is 14.7. The minimum Gasteiger partial charge on any atom is -0.462 e. The van der Waals surface area contributed by atoms with E-state index in [1.807, 2.05) is 4.98 Å². The summed E-state index contributed by atoms with van der Waals surface area (Å²) in [5.74, 6) is -1.47. The van der Waals surface area contributed by atoms with Gasteiger partial charge in [-0.1, -0.05) is 18.2 Å². The van der Waals surface area contributed by atoms with Crippen LogP contribution in [0.5, 0.6) is 5.75 Å². The molecule has 19 heteroatoms. The highest BCUT2D eigenvalue weighted by Gasteiger charge is 2.59. The zero-order valence-corrected chi connectivity index (χ0v) is 28.9. The summed E-state index contributed by atoms with van der Waals surface area (Å²) in [7, 11) is -7.91. The van der Waals surface area contributed by atoms with Gasteiger partial charge in [0.1, 0.15) is 30.0 Å². The Morgan fingerprint density at radius 1 is 1.04 bits per heavy atom. The maximum atomic E-state index is 16.9. The van der Waals surface area contributed by atoms with Gasteiger partial charge in [-0.3, -0.25) is 33.0 Å². The first-order valence-corrected chi connectivity index (χ1v) is 17.6. The van der Waals surface area contributed by atoms with Gasteiger partial charge in [0, 0.05) is 12.3 Å². The van der Waals surface area contributed by atoms with E-state index in [4.69, 9.17) is 27.8 Å². The number of hydrogen-bond acceptors (Lipinski definition) is 12. The summed E-state index contributed by atoms with van der Waals surface area (Å²) in [5, 5.41) is 4.92. The molecular weight excluding hydrogens is 665 g/mol. The highest BCUT2D eigenvalue weighted by molar-refractivity contribution is 7.52. The van der Waals surface area contributed by atoms with E-state index < -0.39 is 94.1 Å². The second kappa shape index (κ2) is 16.3. The molecule has 1 aliphatic rings. The molecule has 47 heavy (non-hydrogen) atoms. The molecule has 0 radical (unpaired) electrons. The van der Waals surface area contributed by atoms with Crippen LogP contribution >= 0.6 is 15.9 Å².